The van der Waals surface area contributed by atoms with Crippen molar-refractivity contribution in [1.29, 1.82) is 0 Å². The van der Waals surface area contributed by atoms with Crippen LogP contribution in [0.1, 0.15) is 181 Å². The molecule has 0 bridgehead atoms. The van der Waals surface area contributed by atoms with Crippen molar-refractivity contribution >= 4 is 69.6 Å². The smallest absolute Gasteiger partial charge is 0.193 e. The molecule has 0 amide bonds. The number of unbranched alkanes of at least 4 members (excludes halogenated alkanes) is 18. The number of rotatable bonds is 30. The average molecular weight is 734 g/mol. The maximum Gasteiger partial charge on any atom is 0.193 e. The Bertz CT molecular complexity index is 550. The summed E-state index contributed by atoms with van der Waals surface area (Å²) in [6, 6.07) is 0. The fourth-order valence-corrected chi connectivity index (χ4v) is 6.85. The normalized spacial score (nSPS) is 15.5. The van der Waals surface area contributed by atoms with E-state index in [1.54, 1.807) is 0 Å². The summed E-state index contributed by atoms with van der Waals surface area (Å²) in [7, 11) is 0. The fraction of sp³-hybridized carbons (Fsp3) is 1.00. The zero-order valence-electron chi connectivity index (χ0n) is 27.3. The summed E-state index contributed by atoms with van der Waals surface area (Å²) in [6.45, 7) is 4.50. The largest absolute Gasteiger partial charge is 0.393 e. The Morgan fingerprint density at radius 2 is 0.698 bits per heavy atom. The number of ether oxygens (including phenoxy) is 1. The van der Waals surface area contributed by atoms with E-state index >= 15 is 0 Å². The highest BCUT2D eigenvalue weighted by Gasteiger charge is 2.30. The first-order chi connectivity index (χ1) is 20.4. The minimum absolute atomic E-state index is 0.0502. The van der Waals surface area contributed by atoms with Gasteiger partial charge in [-0.15, -0.1) is 0 Å². The van der Waals surface area contributed by atoms with Gasteiger partial charge in [0.2, 0.25) is 0 Å². The molecule has 0 aliphatic carbocycles. The van der Waals surface area contributed by atoms with E-state index < -0.39 is 19.8 Å². The highest BCUT2D eigenvalue weighted by atomic mass is 35.6. The van der Waals surface area contributed by atoms with Gasteiger partial charge in [0.05, 0.1) is 24.4 Å². The SMILES string of the molecule is CCCCCCCCCCCCC(CC(O)CC(Cl)(Cl)Cl)OC(CCCCCCCCCCCC)CC(O)CC(Cl)(Cl)Cl. The van der Waals surface area contributed by atoms with Gasteiger partial charge in [0, 0.05) is 12.8 Å². The highest BCUT2D eigenvalue weighted by molar-refractivity contribution is 6.68. The molecule has 43 heavy (non-hydrogen) atoms. The molecule has 0 heterocycles. The van der Waals surface area contributed by atoms with E-state index in [1.807, 2.05) is 0 Å². The summed E-state index contributed by atoms with van der Waals surface area (Å²) >= 11 is 35.8. The lowest BCUT2D eigenvalue weighted by Gasteiger charge is -2.29. The van der Waals surface area contributed by atoms with Crippen LogP contribution < -0.4 is 0 Å². The second-order valence-electron chi connectivity index (χ2n) is 12.7. The minimum Gasteiger partial charge on any atom is -0.393 e. The molecule has 2 N–H and O–H groups in total. The van der Waals surface area contributed by atoms with E-state index in [0.717, 1.165) is 38.5 Å². The average Bonchev–Trinajstić information content (AvgIpc) is 2.88. The van der Waals surface area contributed by atoms with Gasteiger partial charge in [0.1, 0.15) is 0 Å². The molecule has 0 aromatic carbocycles. The van der Waals surface area contributed by atoms with Crippen molar-refractivity contribution in [3.05, 3.63) is 0 Å². The molecule has 0 radical (unpaired) electrons. The van der Waals surface area contributed by atoms with Crippen LogP contribution in [0.5, 0.6) is 0 Å². The summed E-state index contributed by atoms with van der Waals surface area (Å²) in [4.78, 5) is 0. The van der Waals surface area contributed by atoms with Gasteiger partial charge in [0.25, 0.3) is 0 Å². The number of aliphatic hydroxyl groups is 2. The molecule has 0 fully saturated rings. The van der Waals surface area contributed by atoms with Gasteiger partial charge < -0.3 is 14.9 Å². The van der Waals surface area contributed by atoms with Gasteiger partial charge in [-0.25, -0.2) is 0 Å². The van der Waals surface area contributed by atoms with Crippen molar-refractivity contribution in [2.75, 3.05) is 0 Å². The van der Waals surface area contributed by atoms with E-state index in [1.165, 1.54) is 103 Å². The molecule has 4 unspecified atom stereocenters. The molecule has 9 heteroatoms. The second-order valence-corrected chi connectivity index (χ2v) is 17.8. The lowest BCUT2D eigenvalue weighted by molar-refractivity contribution is -0.0629. The Morgan fingerprint density at radius 1 is 0.442 bits per heavy atom. The van der Waals surface area contributed by atoms with E-state index in [9.17, 15) is 10.2 Å². The first-order valence-corrected chi connectivity index (χ1v) is 19.8. The van der Waals surface area contributed by atoms with Gasteiger partial charge in [-0.1, -0.05) is 212 Å². The van der Waals surface area contributed by atoms with Crippen LogP contribution in [-0.2, 0) is 4.74 Å². The summed E-state index contributed by atoms with van der Waals surface area (Å²) in [6.07, 6.45) is 25.7. The quantitative estimate of drug-likeness (QED) is 0.0571. The van der Waals surface area contributed by atoms with Crippen molar-refractivity contribution in [1.82, 2.24) is 0 Å². The van der Waals surface area contributed by atoms with Crippen LogP contribution in [0.4, 0.5) is 0 Å². The van der Waals surface area contributed by atoms with Crippen molar-refractivity contribution in [2.24, 2.45) is 0 Å². The molecule has 0 aromatic rings. The van der Waals surface area contributed by atoms with Gasteiger partial charge in [0.15, 0.2) is 7.59 Å². The Morgan fingerprint density at radius 3 is 0.953 bits per heavy atom. The van der Waals surface area contributed by atoms with Crippen LogP contribution in [0.15, 0.2) is 0 Å². The Labute approximate surface area is 295 Å². The molecule has 260 valence electrons. The molecule has 0 aromatic heterocycles. The van der Waals surface area contributed by atoms with Gasteiger partial charge in [-0.2, -0.15) is 0 Å². The van der Waals surface area contributed by atoms with E-state index in [0.29, 0.717) is 12.8 Å². The maximum absolute atomic E-state index is 10.7. The first kappa shape index (κ1) is 44.6. The van der Waals surface area contributed by atoms with Gasteiger partial charge in [-0.05, 0) is 25.7 Å². The van der Waals surface area contributed by atoms with Crippen molar-refractivity contribution in [3.8, 4) is 0 Å². The standard InChI is InChI=1S/C34H64Cl6O3/c1-3-5-7-9-11-13-15-17-19-21-23-31(25-29(41)27-33(35,36)37)43-32(26-30(42)28-34(38,39)40)24-22-20-18-16-14-12-10-8-6-4-2/h29-32,41-42H,3-28H2,1-2H3. The molecular formula is C34H64Cl6O3. The molecule has 0 saturated carbocycles. The van der Waals surface area contributed by atoms with Crippen molar-refractivity contribution < 1.29 is 14.9 Å². The number of alkyl halides is 6. The zero-order chi connectivity index (χ0) is 32.4. The van der Waals surface area contributed by atoms with Crippen LogP contribution in [0.3, 0.4) is 0 Å². The summed E-state index contributed by atoms with van der Waals surface area (Å²) in [5.41, 5.74) is 0. The number of hydrogen-bond donors (Lipinski definition) is 2. The second kappa shape index (κ2) is 28.6. The first-order valence-electron chi connectivity index (χ1n) is 17.5. The van der Waals surface area contributed by atoms with Crippen LogP contribution in [0.2, 0.25) is 0 Å². The predicted octanol–water partition coefficient (Wildman–Crippen LogP) is 13.4. The van der Waals surface area contributed by atoms with Crippen LogP contribution in [-0.4, -0.2) is 42.2 Å². The molecule has 0 aliphatic heterocycles. The summed E-state index contributed by atoms with van der Waals surface area (Å²) in [5, 5.41) is 21.4. The van der Waals surface area contributed by atoms with Crippen molar-refractivity contribution in [2.45, 2.75) is 213 Å². The topological polar surface area (TPSA) is 49.7 Å². The molecule has 0 aliphatic rings. The lowest BCUT2D eigenvalue weighted by atomic mass is 9.99. The highest BCUT2D eigenvalue weighted by Crippen LogP contribution is 2.35. The van der Waals surface area contributed by atoms with Crippen LogP contribution >= 0.6 is 69.6 Å². The van der Waals surface area contributed by atoms with E-state index in [-0.39, 0.29) is 25.0 Å². The van der Waals surface area contributed by atoms with Gasteiger partial charge >= 0.3 is 0 Å². The fourth-order valence-electron chi connectivity index (χ4n) is 5.78. The third kappa shape index (κ3) is 33.3. The van der Waals surface area contributed by atoms with E-state index in [4.69, 9.17) is 74.3 Å². The molecule has 0 saturated heterocycles. The molecule has 0 rings (SSSR count). The monoisotopic (exact) mass is 730 g/mol. The Hall–Kier alpha value is 1.62. The number of aliphatic hydroxyl groups excluding tert-OH is 2. The third-order valence-corrected chi connectivity index (χ3v) is 9.07. The third-order valence-electron chi connectivity index (χ3n) is 8.15. The minimum atomic E-state index is -1.52. The summed E-state index contributed by atoms with van der Waals surface area (Å²) in [5.74, 6) is 0. The zero-order valence-corrected chi connectivity index (χ0v) is 31.8. The molecule has 0 spiro atoms. The number of halogens is 6. The van der Waals surface area contributed by atoms with Crippen LogP contribution in [0.25, 0.3) is 0 Å². The maximum atomic E-state index is 10.7. The Balaban J connectivity index is 4.92. The molecule has 4 atom stereocenters. The molecular weight excluding hydrogens is 669 g/mol. The van der Waals surface area contributed by atoms with Gasteiger partial charge in [-0.3, -0.25) is 0 Å². The lowest BCUT2D eigenvalue weighted by Crippen LogP contribution is -2.31. The van der Waals surface area contributed by atoms with Crippen molar-refractivity contribution in [3.63, 3.8) is 0 Å². The predicted molar refractivity (Wildman–Crippen MR) is 193 cm³/mol. The molecule has 3 nitrogen and oxygen atoms in total. The summed E-state index contributed by atoms with van der Waals surface area (Å²) < 4.78 is 3.57. The van der Waals surface area contributed by atoms with Crippen LogP contribution in [0, 0.1) is 0 Å². The Kier molecular flexibility index (Phi) is 29.7. The van der Waals surface area contributed by atoms with E-state index in [2.05, 4.69) is 13.8 Å². The number of hydrogen-bond acceptors (Lipinski definition) is 3.